The largest absolute Gasteiger partial charge is 0.395 e. The molecule has 16 heavy (non-hydrogen) atoms. The molecule has 7 heteroatoms. The van der Waals surface area contributed by atoms with E-state index in [4.69, 9.17) is 10.2 Å². The Hall–Kier alpha value is -1.73. The van der Waals surface area contributed by atoms with Crippen LogP contribution in [0.2, 0.25) is 0 Å². The van der Waals surface area contributed by atoms with E-state index < -0.39 is 0 Å². The maximum absolute atomic E-state index is 8.95. The van der Waals surface area contributed by atoms with Crippen LogP contribution in [-0.4, -0.2) is 56.1 Å². The third kappa shape index (κ3) is 1.95. The van der Waals surface area contributed by atoms with Gasteiger partial charge in [-0.25, -0.2) is 4.98 Å². The highest BCUT2D eigenvalue weighted by Gasteiger charge is 2.12. The van der Waals surface area contributed by atoms with Gasteiger partial charge in [0.05, 0.1) is 13.2 Å². The third-order valence-electron chi connectivity index (χ3n) is 2.24. The van der Waals surface area contributed by atoms with Crippen LogP contribution in [0, 0.1) is 0 Å². The lowest BCUT2D eigenvalue weighted by Crippen LogP contribution is -2.30. The van der Waals surface area contributed by atoms with Crippen molar-refractivity contribution >= 4 is 11.5 Å². The normalized spacial score (nSPS) is 10.9. The summed E-state index contributed by atoms with van der Waals surface area (Å²) in [6.07, 6.45) is 4.96. The van der Waals surface area contributed by atoms with Crippen molar-refractivity contribution in [3.63, 3.8) is 0 Å². The van der Waals surface area contributed by atoms with Gasteiger partial charge >= 0.3 is 0 Å². The Morgan fingerprint density at radius 2 is 2.00 bits per heavy atom. The molecular formula is C9H13N5O2. The molecule has 2 rings (SSSR count). The van der Waals surface area contributed by atoms with Gasteiger partial charge in [-0.15, -0.1) is 10.2 Å². The molecule has 0 spiro atoms. The molecule has 0 aliphatic heterocycles. The average molecular weight is 223 g/mol. The van der Waals surface area contributed by atoms with E-state index in [1.54, 1.807) is 28.0 Å². The molecule has 86 valence electrons. The van der Waals surface area contributed by atoms with Crippen LogP contribution in [0.15, 0.2) is 18.7 Å². The molecule has 2 N–H and O–H groups in total. The van der Waals surface area contributed by atoms with E-state index in [2.05, 4.69) is 15.2 Å². The standard InChI is InChI=1S/C9H13N5O2/c15-5-3-13(4-6-16)8-9-12-11-7-14(9)2-1-10-8/h1-2,7,15-16H,3-6H2. The van der Waals surface area contributed by atoms with Crippen molar-refractivity contribution in [2.24, 2.45) is 0 Å². The molecule has 0 bridgehead atoms. The van der Waals surface area contributed by atoms with Crippen molar-refractivity contribution < 1.29 is 10.2 Å². The monoisotopic (exact) mass is 223 g/mol. The molecule has 0 aromatic carbocycles. The second kappa shape index (κ2) is 4.86. The summed E-state index contributed by atoms with van der Waals surface area (Å²) in [5.41, 5.74) is 0.615. The van der Waals surface area contributed by atoms with Crippen LogP contribution in [0.4, 0.5) is 5.82 Å². The number of hydrogen-bond acceptors (Lipinski definition) is 6. The summed E-state index contributed by atoms with van der Waals surface area (Å²) in [5.74, 6) is 0.614. The maximum atomic E-state index is 8.95. The van der Waals surface area contributed by atoms with Crippen LogP contribution in [0.25, 0.3) is 5.65 Å². The average Bonchev–Trinajstić information content (AvgIpc) is 2.76. The number of aliphatic hydroxyl groups is 2. The summed E-state index contributed by atoms with van der Waals surface area (Å²) in [7, 11) is 0. The van der Waals surface area contributed by atoms with Gasteiger partial charge in [0.2, 0.25) is 5.65 Å². The highest BCUT2D eigenvalue weighted by molar-refractivity contribution is 5.63. The van der Waals surface area contributed by atoms with E-state index in [0.29, 0.717) is 24.6 Å². The minimum absolute atomic E-state index is 0.00310. The summed E-state index contributed by atoms with van der Waals surface area (Å²) < 4.78 is 1.74. The first kappa shape index (κ1) is 10.8. The molecule has 2 aromatic rings. The minimum atomic E-state index is -0.00310. The van der Waals surface area contributed by atoms with Crippen molar-refractivity contribution in [1.29, 1.82) is 0 Å². The van der Waals surface area contributed by atoms with Crippen molar-refractivity contribution in [2.45, 2.75) is 0 Å². The lowest BCUT2D eigenvalue weighted by Gasteiger charge is -2.21. The first-order valence-electron chi connectivity index (χ1n) is 4.98. The molecule has 0 saturated carbocycles. The molecule has 0 aliphatic rings. The number of nitrogens with zero attached hydrogens (tertiary/aromatic N) is 5. The summed E-state index contributed by atoms with van der Waals surface area (Å²) in [4.78, 5) is 5.96. The smallest absolute Gasteiger partial charge is 0.203 e. The predicted molar refractivity (Wildman–Crippen MR) is 57.2 cm³/mol. The van der Waals surface area contributed by atoms with Gasteiger partial charge in [-0.2, -0.15) is 0 Å². The van der Waals surface area contributed by atoms with Crippen LogP contribution < -0.4 is 4.90 Å². The quantitative estimate of drug-likeness (QED) is 0.670. The highest BCUT2D eigenvalue weighted by atomic mass is 16.3. The molecule has 2 aromatic heterocycles. The molecule has 0 aliphatic carbocycles. The highest BCUT2D eigenvalue weighted by Crippen LogP contribution is 2.15. The molecule has 0 fully saturated rings. The number of anilines is 1. The Kier molecular flexibility index (Phi) is 3.28. The fourth-order valence-electron chi connectivity index (χ4n) is 1.53. The first-order valence-corrected chi connectivity index (χ1v) is 4.98. The van der Waals surface area contributed by atoms with Gasteiger partial charge in [-0.3, -0.25) is 4.40 Å². The number of aliphatic hydroxyl groups excluding tert-OH is 2. The second-order valence-corrected chi connectivity index (χ2v) is 3.25. The van der Waals surface area contributed by atoms with E-state index in [0.717, 1.165) is 0 Å². The van der Waals surface area contributed by atoms with Gasteiger partial charge in [0, 0.05) is 25.5 Å². The SMILES string of the molecule is OCCN(CCO)c1nccn2cnnc12. The zero-order valence-electron chi connectivity index (χ0n) is 8.69. The van der Waals surface area contributed by atoms with Crippen molar-refractivity contribution in [1.82, 2.24) is 19.6 Å². The summed E-state index contributed by atoms with van der Waals surface area (Å²) in [6.45, 7) is 0.800. The van der Waals surface area contributed by atoms with Gasteiger partial charge < -0.3 is 15.1 Å². The van der Waals surface area contributed by atoms with Crippen LogP contribution in [0.5, 0.6) is 0 Å². The van der Waals surface area contributed by atoms with Gasteiger partial charge in [0.1, 0.15) is 6.33 Å². The Morgan fingerprint density at radius 3 is 2.69 bits per heavy atom. The van der Waals surface area contributed by atoms with Crippen molar-refractivity contribution in [3.05, 3.63) is 18.7 Å². The number of hydrogen-bond donors (Lipinski definition) is 2. The molecule has 0 saturated heterocycles. The van der Waals surface area contributed by atoms with E-state index >= 15 is 0 Å². The minimum Gasteiger partial charge on any atom is -0.395 e. The zero-order valence-corrected chi connectivity index (χ0v) is 8.69. The van der Waals surface area contributed by atoms with Gasteiger partial charge in [-0.1, -0.05) is 0 Å². The van der Waals surface area contributed by atoms with Gasteiger partial charge in [0.25, 0.3) is 0 Å². The van der Waals surface area contributed by atoms with Crippen molar-refractivity contribution in [2.75, 3.05) is 31.2 Å². The molecule has 0 unspecified atom stereocenters. The molecule has 7 nitrogen and oxygen atoms in total. The summed E-state index contributed by atoms with van der Waals surface area (Å²) in [5, 5.41) is 25.6. The molecular weight excluding hydrogens is 210 g/mol. The van der Waals surface area contributed by atoms with Crippen molar-refractivity contribution in [3.8, 4) is 0 Å². The third-order valence-corrected chi connectivity index (χ3v) is 2.24. The Balaban J connectivity index is 2.38. The zero-order chi connectivity index (χ0) is 11.4. The second-order valence-electron chi connectivity index (χ2n) is 3.25. The summed E-state index contributed by atoms with van der Waals surface area (Å²) in [6, 6.07) is 0. The number of aromatic nitrogens is 4. The van der Waals surface area contributed by atoms with E-state index in [1.165, 1.54) is 0 Å². The van der Waals surface area contributed by atoms with Gasteiger partial charge in [0.15, 0.2) is 5.82 Å². The fourth-order valence-corrected chi connectivity index (χ4v) is 1.53. The van der Waals surface area contributed by atoms with Crippen LogP contribution in [0.1, 0.15) is 0 Å². The van der Waals surface area contributed by atoms with E-state index in [-0.39, 0.29) is 13.2 Å². The molecule has 0 atom stereocenters. The number of rotatable bonds is 5. The Morgan fingerprint density at radius 1 is 1.25 bits per heavy atom. The number of fused-ring (bicyclic) bond motifs is 1. The van der Waals surface area contributed by atoms with E-state index in [1.807, 2.05) is 0 Å². The first-order chi connectivity index (χ1) is 7.86. The fraction of sp³-hybridized carbons (Fsp3) is 0.444. The molecule has 2 heterocycles. The lowest BCUT2D eigenvalue weighted by atomic mass is 10.4. The van der Waals surface area contributed by atoms with Gasteiger partial charge in [-0.05, 0) is 0 Å². The summed E-state index contributed by atoms with van der Waals surface area (Å²) >= 11 is 0. The molecule has 0 radical (unpaired) electrons. The Labute approximate surface area is 92.0 Å². The maximum Gasteiger partial charge on any atom is 0.203 e. The lowest BCUT2D eigenvalue weighted by molar-refractivity contribution is 0.281. The Bertz CT molecular complexity index is 452. The van der Waals surface area contributed by atoms with E-state index in [9.17, 15) is 0 Å². The van der Waals surface area contributed by atoms with Crippen LogP contribution in [-0.2, 0) is 0 Å². The predicted octanol–water partition coefficient (Wildman–Crippen LogP) is -1.08. The molecule has 0 amide bonds. The van der Waals surface area contributed by atoms with Crippen LogP contribution in [0.3, 0.4) is 0 Å². The van der Waals surface area contributed by atoms with Crippen LogP contribution >= 0.6 is 0 Å². The topological polar surface area (TPSA) is 86.8 Å².